The van der Waals surface area contributed by atoms with Crippen LogP contribution in [-0.2, 0) is 0 Å². The number of hydrogen-bond donors (Lipinski definition) is 2. The van der Waals surface area contributed by atoms with Gasteiger partial charge in [0.2, 0.25) is 0 Å². The minimum atomic E-state index is -0.215. The molecule has 0 aliphatic heterocycles. The van der Waals surface area contributed by atoms with Crippen LogP contribution in [0.25, 0.3) is 0 Å². The van der Waals surface area contributed by atoms with E-state index in [9.17, 15) is 4.79 Å². The van der Waals surface area contributed by atoms with Crippen LogP contribution >= 0.6 is 0 Å². The molecule has 1 fully saturated rings. The lowest BCUT2D eigenvalue weighted by molar-refractivity contribution is 0.102. The molecule has 0 unspecified atom stereocenters. The number of nitrogens with zero attached hydrogens (tertiary/aromatic N) is 2. The Morgan fingerprint density at radius 2 is 1.86 bits per heavy atom. The highest BCUT2D eigenvalue weighted by Crippen LogP contribution is 2.24. The number of hydrogen-bond acceptors (Lipinski definition) is 4. The monoisotopic (exact) mass is 296 g/mol. The standard InChI is InChI=1S/C17H20N4O/c1-10-4-5-14(8-11(10)2)21-17(22)15-9-16(19-12(3)18-15)20-13-6-7-13/h4-5,8-9,13H,6-7H2,1-3H3,(H,21,22)(H,18,19,20). The second kappa shape index (κ2) is 5.75. The van der Waals surface area contributed by atoms with Crippen LogP contribution in [0.2, 0.25) is 0 Å². The van der Waals surface area contributed by atoms with Crippen LogP contribution in [0.1, 0.15) is 40.3 Å². The van der Waals surface area contributed by atoms with E-state index in [1.54, 1.807) is 13.0 Å². The van der Waals surface area contributed by atoms with Gasteiger partial charge in [-0.05, 0) is 56.9 Å². The molecule has 1 amide bonds. The summed E-state index contributed by atoms with van der Waals surface area (Å²) in [7, 11) is 0. The number of rotatable bonds is 4. The Morgan fingerprint density at radius 3 is 2.55 bits per heavy atom. The van der Waals surface area contributed by atoms with Gasteiger partial charge < -0.3 is 10.6 Å². The molecule has 0 atom stereocenters. The van der Waals surface area contributed by atoms with Gasteiger partial charge in [-0.2, -0.15) is 0 Å². The van der Waals surface area contributed by atoms with E-state index in [1.807, 2.05) is 32.0 Å². The fourth-order valence-corrected chi connectivity index (χ4v) is 2.21. The van der Waals surface area contributed by atoms with Crippen molar-refractivity contribution in [3.8, 4) is 0 Å². The quantitative estimate of drug-likeness (QED) is 0.909. The Balaban J connectivity index is 1.78. The van der Waals surface area contributed by atoms with Crippen molar-refractivity contribution in [2.45, 2.75) is 39.7 Å². The van der Waals surface area contributed by atoms with Crippen molar-refractivity contribution < 1.29 is 4.79 Å². The molecular formula is C17H20N4O. The molecule has 114 valence electrons. The van der Waals surface area contributed by atoms with Crippen LogP contribution in [0.5, 0.6) is 0 Å². The summed E-state index contributed by atoms with van der Waals surface area (Å²) in [6.07, 6.45) is 2.32. The second-order valence-corrected chi connectivity index (χ2v) is 5.86. The Morgan fingerprint density at radius 1 is 1.09 bits per heavy atom. The molecule has 0 radical (unpaired) electrons. The van der Waals surface area contributed by atoms with Gasteiger partial charge in [0, 0.05) is 17.8 Å². The fourth-order valence-electron chi connectivity index (χ4n) is 2.21. The van der Waals surface area contributed by atoms with Crippen LogP contribution in [0.3, 0.4) is 0 Å². The third-order valence-corrected chi connectivity index (χ3v) is 3.76. The number of aryl methyl sites for hydroxylation is 3. The largest absolute Gasteiger partial charge is 0.367 e. The van der Waals surface area contributed by atoms with Crippen LogP contribution < -0.4 is 10.6 Å². The lowest BCUT2D eigenvalue weighted by Crippen LogP contribution is -2.16. The summed E-state index contributed by atoms with van der Waals surface area (Å²) in [5.74, 6) is 1.10. The Hall–Kier alpha value is -2.43. The van der Waals surface area contributed by atoms with Crippen molar-refractivity contribution in [3.63, 3.8) is 0 Å². The van der Waals surface area contributed by atoms with Crippen molar-refractivity contribution >= 4 is 17.4 Å². The maximum atomic E-state index is 12.4. The molecule has 22 heavy (non-hydrogen) atoms. The molecule has 5 nitrogen and oxygen atoms in total. The van der Waals surface area contributed by atoms with Gasteiger partial charge in [-0.25, -0.2) is 9.97 Å². The number of anilines is 2. The number of amides is 1. The molecule has 1 aromatic carbocycles. The first-order valence-corrected chi connectivity index (χ1v) is 7.52. The number of aromatic nitrogens is 2. The predicted molar refractivity (Wildman–Crippen MR) is 87.3 cm³/mol. The average molecular weight is 296 g/mol. The minimum Gasteiger partial charge on any atom is -0.367 e. The summed E-state index contributed by atoms with van der Waals surface area (Å²) < 4.78 is 0. The van der Waals surface area contributed by atoms with Crippen LogP contribution in [0.15, 0.2) is 24.3 Å². The molecule has 0 saturated heterocycles. The third kappa shape index (κ3) is 3.42. The molecule has 0 spiro atoms. The molecule has 1 heterocycles. The highest BCUT2D eigenvalue weighted by molar-refractivity contribution is 6.03. The van der Waals surface area contributed by atoms with Crippen molar-refractivity contribution in [1.82, 2.24) is 9.97 Å². The van der Waals surface area contributed by atoms with Crippen molar-refractivity contribution in [2.24, 2.45) is 0 Å². The Kier molecular flexibility index (Phi) is 3.79. The Bertz CT molecular complexity index is 723. The van der Waals surface area contributed by atoms with E-state index in [4.69, 9.17) is 0 Å². The Labute approximate surface area is 130 Å². The SMILES string of the molecule is Cc1nc(NC2CC2)cc(C(=O)Nc2ccc(C)c(C)c2)n1. The predicted octanol–water partition coefficient (Wildman–Crippen LogP) is 3.23. The number of nitrogens with one attached hydrogen (secondary N) is 2. The smallest absolute Gasteiger partial charge is 0.274 e. The normalized spacial score (nSPS) is 13.8. The maximum absolute atomic E-state index is 12.4. The van der Waals surface area contributed by atoms with Gasteiger partial charge in [-0.1, -0.05) is 6.07 Å². The lowest BCUT2D eigenvalue weighted by atomic mass is 10.1. The summed E-state index contributed by atoms with van der Waals surface area (Å²) in [5.41, 5.74) is 3.51. The topological polar surface area (TPSA) is 66.9 Å². The molecule has 1 aromatic heterocycles. The van der Waals surface area contributed by atoms with Gasteiger partial charge in [0.1, 0.15) is 17.3 Å². The third-order valence-electron chi connectivity index (χ3n) is 3.76. The van der Waals surface area contributed by atoms with Gasteiger partial charge in [0.15, 0.2) is 0 Å². The average Bonchev–Trinajstić information content (AvgIpc) is 3.26. The van der Waals surface area contributed by atoms with Gasteiger partial charge in [0.25, 0.3) is 5.91 Å². The summed E-state index contributed by atoms with van der Waals surface area (Å²) in [6, 6.07) is 8.06. The van der Waals surface area contributed by atoms with Crippen molar-refractivity contribution in [2.75, 3.05) is 10.6 Å². The molecule has 1 aliphatic rings. The summed E-state index contributed by atoms with van der Waals surface area (Å²) in [5, 5.41) is 6.19. The van der Waals surface area contributed by atoms with E-state index in [0.717, 1.165) is 29.9 Å². The summed E-state index contributed by atoms with van der Waals surface area (Å²) in [6.45, 7) is 5.87. The van der Waals surface area contributed by atoms with Crippen LogP contribution in [0.4, 0.5) is 11.5 Å². The summed E-state index contributed by atoms with van der Waals surface area (Å²) in [4.78, 5) is 20.9. The van der Waals surface area contributed by atoms with E-state index >= 15 is 0 Å². The van der Waals surface area contributed by atoms with Gasteiger partial charge in [-0.15, -0.1) is 0 Å². The molecule has 0 bridgehead atoms. The zero-order chi connectivity index (χ0) is 15.7. The van der Waals surface area contributed by atoms with Crippen LogP contribution in [0, 0.1) is 20.8 Å². The molecule has 2 N–H and O–H groups in total. The summed E-state index contributed by atoms with van der Waals surface area (Å²) >= 11 is 0. The van der Waals surface area contributed by atoms with E-state index in [1.165, 1.54) is 5.56 Å². The number of benzene rings is 1. The minimum absolute atomic E-state index is 0.215. The molecule has 2 aromatic rings. The highest BCUT2D eigenvalue weighted by atomic mass is 16.1. The first-order chi connectivity index (χ1) is 10.5. The first kappa shape index (κ1) is 14.5. The fraction of sp³-hybridized carbons (Fsp3) is 0.353. The highest BCUT2D eigenvalue weighted by Gasteiger charge is 2.22. The zero-order valence-corrected chi connectivity index (χ0v) is 13.1. The van der Waals surface area contributed by atoms with Gasteiger partial charge in [0.05, 0.1) is 0 Å². The first-order valence-electron chi connectivity index (χ1n) is 7.52. The van der Waals surface area contributed by atoms with Crippen molar-refractivity contribution in [3.05, 3.63) is 46.9 Å². The number of carbonyl (C=O) groups excluding carboxylic acids is 1. The van der Waals surface area contributed by atoms with E-state index < -0.39 is 0 Å². The maximum Gasteiger partial charge on any atom is 0.274 e. The lowest BCUT2D eigenvalue weighted by Gasteiger charge is -2.09. The van der Waals surface area contributed by atoms with E-state index in [-0.39, 0.29) is 5.91 Å². The second-order valence-electron chi connectivity index (χ2n) is 5.86. The van der Waals surface area contributed by atoms with E-state index in [0.29, 0.717) is 17.6 Å². The number of carbonyl (C=O) groups is 1. The van der Waals surface area contributed by atoms with Gasteiger partial charge >= 0.3 is 0 Å². The van der Waals surface area contributed by atoms with Crippen molar-refractivity contribution in [1.29, 1.82) is 0 Å². The van der Waals surface area contributed by atoms with E-state index in [2.05, 4.69) is 20.6 Å². The van der Waals surface area contributed by atoms with Crippen LogP contribution in [-0.4, -0.2) is 21.9 Å². The zero-order valence-electron chi connectivity index (χ0n) is 13.1. The molecule has 1 saturated carbocycles. The molecule has 1 aliphatic carbocycles. The molecule has 3 rings (SSSR count). The van der Waals surface area contributed by atoms with Gasteiger partial charge in [-0.3, -0.25) is 4.79 Å². The molecule has 5 heteroatoms. The molecular weight excluding hydrogens is 276 g/mol.